The van der Waals surface area contributed by atoms with E-state index in [4.69, 9.17) is 0 Å². The lowest BCUT2D eigenvalue weighted by atomic mass is 9.87. The van der Waals surface area contributed by atoms with Crippen molar-refractivity contribution < 1.29 is 10.2 Å². The Morgan fingerprint density at radius 1 is 0.524 bits per heavy atom. The largest absolute Gasteiger partial charge is 0.390 e. The molecule has 0 aromatic rings. The average Bonchev–Trinajstić information content (AvgIpc) is 2.39. The van der Waals surface area contributed by atoms with Crippen molar-refractivity contribution in [3.05, 3.63) is 0 Å². The first-order chi connectivity index (χ1) is 9.83. The van der Waals surface area contributed by atoms with Crippen LogP contribution in [0, 0.1) is 0 Å². The summed E-state index contributed by atoms with van der Waals surface area (Å²) in [6, 6.07) is 0. The van der Waals surface area contributed by atoms with Gasteiger partial charge >= 0.3 is 0 Å². The minimum atomic E-state index is -0.550. The number of unbranched alkanes of at least 4 members (excludes halogenated alkanes) is 6. The predicted octanol–water partition coefficient (Wildman–Crippen LogP) is 5.60. The smallest absolute Gasteiger partial charge is 0.0619 e. The van der Waals surface area contributed by atoms with E-state index in [0.717, 1.165) is 44.9 Å². The molecule has 2 N–H and O–H groups in total. The molecule has 128 valence electrons. The van der Waals surface area contributed by atoms with Gasteiger partial charge in [0.15, 0.2) is 0 Å². The summed E-state index contributed by atoms with van der Waals surface area (Å²) in [5.74, 6) is 0. The molecule has 0 amide bonds. The predicted molar refractivity (Wildman–Crippen MR) is 92.6 cm³/mol. The third-order valence-corrected chi connectivity index (χ3v) is 4.57. The van der Waals surface area contributed by atoms with Gasteiger partial charge in [-0.1, -0.05) is 65.2 Å². The van der Waals surface area contributed by atoms with Crippen molar-refractivity contribution in [2.75, 3.05) is 0 Å². The molecule has 0 aliphatic carbocycles. The summed E-state index contributed by atoms with van der Waals surface area (Å²) >= 11 is 0. The standard InChI is InChI=1S/C19H40O2/c1-5-7-9-11-14-18(3,20)16-13-17-19(4,21)15-12-10-8-6-2/h20-21H,5-17H2,1-4H3. The van der Waals surface area contributed by atoms with Crippen molar-refractivity contribution >= 4 is 0 Å². The van der Waals surface area contributed by atoms with Crippen LogP contribution in [-0.4, -0.2) is 21.4 Å². The Balaban J connectivity index is 3.77. The number of hydrogen-bond acceptors (Lipinski definition) is 2. The van der Waals surface area contributed by atoms with Gasteiger partial charge in [0.05, 0.1) is 11.2 Å². The Morgan fingerprint density at radius 2 is 0.857 bits per heavy atom. The van der Waals surface area contributed by atoms with E-state index in [1.54, 1.807) is 0 Å². The molecule has 2 atom stereocenters. The van der Waals surface area contributed by atoms with Crippen LogP contribution in [0.15, 0.2) is 0 Å². The Labute approximate surface area is 133 Å². The summed E-state index contributed by atoms with van der Waals surface area (Å²) in [7, 11) is 0. The zero-order valence-corrected chi connectivity index (χ0v) is 15.1. The van der Waals surface area contributed by atoms with Gasteiger partial charge in [-0.15, -0.1) is 0 Å². The molecule has 0 radical (unpaired) electrons. The minimum Gasteiger partial charge on any atom is -0.390 e. The van der Waals surface area contributed by atoms with E-state index >= 15 is 0 Å². The summed E-state index contributed by atoms with van der Waals surface area (Å²) in [5.41, 5.74) is -1.10. The van der Waals surface area contributed by atoms with Gasteiger partial charge in [-0.3, -0.25) is 0 Å². The summed E-state index contributed by atoms with van der Waals surface area (Å²) in [5, 5.41) is 20.8. The highest BCUT2D eigenvalue weighted by Gasteiger charge is 2.23. The molecule has 21 heavy (non-hydrogen) atoms. The van der Waals surface area contributed by atoms with Crippen LogP contribution >= 0.6 is 0 Å². The normalized spacial score (nSPS) is 17.4. The Kier molecular flexibility index (Phi) is 11.4. The van der Waals surface area contributed by atoms with Crippen molar-refractivity contribution in [3.8, 4) is 0 Å². The first kappa shape index (κ1) is 20.9. The summed E-state index contributed by atoms with van der Waals surface area (Å²) in [6.45, 7) is 8.32. The summed E-state index contributed by atoms with van der Waals surface area (Å²) in [6.07, 6.45) is 14.0. The van der Waals surface area contributed by atoms with E-state index in [-0.39, 0.29) is 0 Å². The molecule has 2 nitrogen and oxygen atoms in total. The van der Waals surface area contributed by atoms with E-state index in [1.807, 2.05) is 13.8 Å². The summed E-state index contributed by atoms with van der Waals surface area (Å²) in [4.78, 5) is 0. The molecule has 0 saturated carbocycles. The molecule has 2 heteroatoms. The molecule has 2 unspecified atom stereocenters. The second-order valence-electron chi connectivity index (χ2n) is 7.47. The van der Waals surface area contributed by atoms with Crippen LogP contribution in [0.2, 0.25) is 0 Å². The van der Waals surface area contributed by atoms with Crippen LogP contribution in [0.1, 0.15) is 111 Å². The van der Waals surface area contributed by atoms with Crippen molar-refractivity contribution in [2.45, 2.75) is 122 Å². The fourth-order valence-corrected chi connectivity index (χ4v) is 2.97. The molecular formula is C19H40O2. The molecule has 0 aromatic heterocycles. The van der Waals surface area contributed by atoms with Gasteiger partial charge in [0.2, 0.25) is 0 Å². The molecule has 0 heterocycles. The number of rotatable bonds is 14. The van der Waals surface area contributed by atoms with Crippen LogP contribution in [0.5, 0.6) is 0 Å². The lowest BCUT2D eigenvalue weighted by Gasteiger charge is -2.27. The third-order valence-electron chi connectivity index (χ3n) is 4.57. The Bertz CT molecular complexity index is 210. The monoisotopic (exact) mass is 300 g/mol. The van der Waals surface area contributed by atoms with Crippen molar-refractivity contribution in [3.63, 3.8) is 0 Å². The lowest BCUT2D eigenvalue weighted by molar-refractivity contribution is 0.0111. The quantitative estimate of drug-likeness (QED) is 0.410. The highest BCUT2D eigenvalue weighted by molar-refractivity contribution is 4.77. The van der Waals surface area contributed by atoms with Crippen LogP contribution in [0.3, 0.4) is 0 Å². The van der Waals surface area contributed by atoms with Crippen LogP contribution in [0.25, 0.3) is 0 Å². The first-order valence-corrected chi connectivity index (χ1v) is 9.28. The molecule has 0 aliphatic rings. The maximum atomic E-state index is 10.4. The van der Waals surface area contributed by atoms with Crippen molar-refractivity contribution in [2.24, 2.45) is 0 Å². The fraction of sp³-hybridized carbons (Fsp3) is 1.00. The van der Waals surface area contributed by atoms with Gasteiger partial charge in [-0.05, 0) is 46.0 Å². The minimum absolute atomic E-state index is 0.550. The van der Waals surface area contributed by atoms with E-state index in [2.05, 4.69) is 13.8 Å². The second kappa shape index (κ2) is 11.5. The number of aliphatic hydroxyl groups is 2. The number of hydrogen-bond donors (Lipinski definition) is 2. The first-order valence-electron chi connectivity index (χ1n) is 9.28. The maximum absolute atomic E-state index is 10.4. The zero-order chi connectivity index (χ0) is 16.2. The molecule has 0 aliphatic heterocycles. The highest BCUT2D eigenvalue weighted by atomic mass is 16.3. The van der Waals surface area contributed by atoms with E-state index < -0.39 is 11.2 Å². The Hall–Kier alpha value is -0.0800. The average molecular weight is 301 g/mol. The SMILES string of the molecule is CCCCCCC(C)(O)CCCC(C)(O)CCCCCC. The third kappa shape index (κ3) is 13.3. The van der Waals surface area contributed by atoms with Crippen LogP contribution in [0.4, 0.5) is 0 Å². The fourth-order valence-electron chi connectivity index (χ4n) is 2.97. The zero-order valence-electron chi connectivity index (χ0n) is 15.1. The van der Waals surface area contributed by atoms with Gasteiger partial charge in [-0.2, -0.15) is 0 Å². The van der Waals surface area contributed by atoms with Gasteiger partial charge in [0.1, 0.15) is 0 Å². The lowest BCUT2D eigenvalue weighted by Crippen LogP contribution is -2.28. The molecular weight excluding hydrogens is 260 g/mol. The molecule has 0 bridgehead atoms. The van der Waals surface area contributed by atoms with E-state index in [9.17, 15) is 10.2 Å². The van der Waals surface area contributed by atoms with Gasteiger partial charge in [-0.25, -0.2) is 0 Å². The molecule has 0 aromatic carbocycles. The topological polar surface area (TPSA) is 40.5 Å². The van der Waals surface area contributed by atoms with Gasteiger partial charge in [0, 0.05) is 0 Å². The Morgan fingerprint density at radius 3 is 1.19 bits per heavy atom. The van der Waals surface area contributed by atoms with Gasteiger partial charge in [0.25, 0.3) is 0 Å². The molecule has 0 spiro atoms. The highest BCUT2D eigenvalue weighted by Crippen LogP contribution is 2.26. The van der Waals surface area contributed by atoms with E-state index in [1.165, 1.54) is 38.5 Å². The summed E-state index contributed by atoms with van der Waals surface area (Å²) < 4.78 is 0. The van der Waals surface area contributed by atoms with Crippen LogP contribution in [-0.2, 0) is 0 Å². The second-order valence-corrected chi connectivity index (χ2v) is 7.47. The van der Waals surface area contributed by atoms with Crippen molar-refractivity contribution in [1.29, 1.82) is 0 Å². The molecule has 0 rings (SSSR count). The van der Waals surface area contributed by atoms with Crippen LogP contribution < -0.4 is 0 Å². The van der Waals surface area contributed by atoms with E-state index in [0.29, 0.717) is 0 Å². The van der Waals surface area contributed by atoms with Crippen molar-refractivity contribution in [1.82, 2.24) is 0 Å². The molecule has 0 fully saturated rings. The molecule has 0 saturated heterocycles. The van der Waals surface area contributed by atoms with Gasteiger partial charge < -0.3 is 10.2 Å². The maximum Gasteiger partial charge on any atom is 0.0619 e.